The van der Waals surface area contributed by atoms with E-state index in [0.717, 1.165) is 42.1 Å². The van der Waals surface area contributed by atoms with Crippen molar-refractivity contribution in [2.75, 3.05) is 18.5 Å². The van der Waals surface area contributed by atoms with E-state index in [1.807, 2.05) is 32.9 Å². The van der Waals surface area contributed by atoms with Crippen LogP contribution < -0.4 is 5.32 Å². The van der Waals surface area contributed by atoms with Gasteiger partial charge in [-0.25, -0.2) is 15.0 Å². The molecule has 0 fully saturated rings. The maximum Gasteiger partial charge on any atom is 0.235 e. The summed E-state index contributed by atoms with van der Waals surface area (Å²) in [5.41, 5.74) is 3.21. The second-order valence-electron chi connectivity index (χ2n) is 8.07. The predicted molar refractivity (Wildman–Crippen MR) is 123 cm³/mol. The van der Waals surface area contributed by atoms with Gasteiger partial charge in [-0.1, -0.05) is 11.3 Å². The number of nitrogens with one attached hydrogen (secondary N) is 2. The molecule has 0 saturated heterocycles. The third-order valence-electron chi connectivity index (χ3n) is 4.83. The van der Waals surface area contributed by atoms with Crippen LogP contribution in [0, 0.1) is 0 Å². The molecule has 0 aliphatic carbocycles. The topological polar surface area (TPSA) is 127 Å². The summed E-state index contributed by atoms with van der Waals surface area (Å²) in [4.78, 5) is 14.3. The summed E-state index contributed by atoms with van der Waals surface area (Å²) in [6.07, 6.45) is 5.14. The molecule has 5 heterocycles. The number of rotatable bonds is 5. The number of H-pyrrole nitrogens is 1. The Morgan fingerprint density at radius 3 is 2.77 bits per heavy atom. The zero-order chi connectivity index (χ0) is 21.8. The number of hydrogen-bond acceptors (Lipinski definition) is 8. The van der Waals surface area contributed by atoms with Gasteiger partial charge in [-0.05, 0) is 32.9 Å². The molecule has 0 aliphatic rings. The second kappa shape index (κ2) is 7.45. The molecule has 5 aromatic rings. The number of pyridine rings is 1. The number of aromatic nitrogens is 6. The summed E-state index contributed by atoms with van der Waals surface area (Å²) < 4.78 is 15.3. The van der Waals surface area contributed by atoms with Crippen LogP contribution in [0.2, 0.25) is 0 Å². The van der Waals surface area contributed by atoms with Gasteiger partial charge in [0.25, 0.3) is 0 Å². The molecule has 160 valence electrons. The number of aliphatic hydroxyl groups is 1. The van der Waals surface area contributed by atoms with Crippen LogP contribution >= 0.6 is 11.3 Å². The molecule has 5 aromatic heterocycles. The molecule has 0 saturated carbocycles. The lowest BCUT2D eigenvalue weighted by Gasteiger charge is -2.22. The average Bonchev–Trinajstić information content (AvgIpc) is 3.37. The van der Waals surface area contributed by atoms with Crippen molar-refractivity contribution in [1.82, 2.24) is 29.8 Å². The lowest BCUT2D eigenvalue weighted by atomic mass is 10.1. The zero-order valence-electron chi connectivity index (χ0n) is 17.2. The molecule has 0 aromatic carbocycles. The number of thiophene rings is 1. The third kappa shape index (κ3) is 3.43. The predicted octanol–water partition coefficient (Wildman–Crippen LogP) is 3.19. The van der Waals surface area contributed by atoms with Gasteiger partial charge in [-0.3, -0.25) is 5.10 Å². The highest BCUT2D eigenvalue weighted by atomic mass is 32.2. The van der Waals surface area contributed by atoms with Crippen molar-refractivity contribution < 1.29 is 9.66 Å². The number of aliphatic hydroxyl groups excluding tert-OH is 1. The third-order valence-corrected chi connectivity index (χ3v) is 8.07. The van der Waals surface area contributed by atoms with Crippen molar-refractivity contribution in [3.05, 3.63) is 30.7 Å². The molecule has 9 nitrogen and oxygen atoms in total. The first-order chi connectivity index (χ1) is 14.9. The van der Waals surface area contributed by atoms with E-state index in [2.05, 4.69) is 25.5 Å². The molecule has 0 bridgehead atoms. The Kier molecular flexibility index (Phi) is 4.85. The van der Waals surface area contributed by atoms with E-state index in [9.17, 15) is 4.55 Å². The fourth-order valence-corrected chi connectivity index (χ4v) is 6.42. The molecule has 1 unspecified atom stereocenters. The SMILES string of the molecule is CC(C)(C)[S+]([O-])c1sc2nc(-c3cnc(NCCO)nc3)cc3c2c1[nH]n1nccc31. The van der Waals surface area contributed by atoms with E-state index >= 15 is 0 Å². The van der Waals surface area contributed by atoms with E-state index in [-0.39, 0.29) is 6.61 Å². The highest BCUT2D eigenvalue weighted by Crippen LogP contribution is 2.42. The second-order valence-corrected chi connectivity index (χ2v) is 11.5. The molecule has 0 amide bonds. The molecule has 0 spiro atoms. The lowest BCUT2D eigenvalue weighted by molar-refractivity contribution is 0.311. The summed E-state index contributed by atoms with van der Waals surface area (Å²) in [7, 11) is 0. The highest BCUT2D eigenvalue weighted by Gasteiger charge is 2.33. The van der Waals surface area contributed by atoms with Crippen LogP contribution in [0.4, 0.5) is 5.95 Å². The van der Waals surface area contributed by atoms with Crippen molar-refractivity contribution in [2.45, 2.75) is 29.7 Å². The largest absolute Gasteiger partial charge is 0.610 e. The molecular weight excluding hydrogens is 434 g/mol. The van der Waals surface area contributed by atoms with Crippen LogP contribution in [-0.2, 0) is 11.2 Å². The van der Waals surface area contributed by atoms with Gasteiger partial charge in [0, 0.05) is 41.1 Å². The van der Waals surface area contributed by atoms with Gasteiger partial charge in [-0.15, -0.1) is 0 Å². The molecule has 5 rings (SSSR count). The Hall–Kier alpha value is -2.73. The van der Waals surface area contributed by atoms with Gasteiger partial charge in [0.15, 0.2) is 0 Å². The Labute approximate surface area is 184 Å². The quantitative estimate of drug-likeness (QED) is 0.347. The number of aromatic amines is 1. The Balaban J connectivity index is 1.72. The summed E-state index contributed by atoms with van der Waals surface area (Å²) in [6.45, 7) is 6.29. The van der Waals surface area contributed by atoms with Gasteiger partial charge < -0.3 is 15.0 Å². The molecule has 3 N–H and O–H groups in total. The highest BCUT2D eigenvalue weighted by molar-refractivity contribution is 7.95. The van der Waals surface area contributed by atoms with Crippen LogP contribution in [-0.4, -0.2) is 57.3 Å². The first-order valence-electron chi connectivity index (χ1n) is 9.75. The minimum Gasteiger partial charge on any atom is -0.610 e. The Bertz CT molecular complexity index is 1380. The molecule has 0 aliphatic heterocycles. The van der Waals surface area contributed by atoms with Gasteiger partial charge >= 0.3 is 0 Å². The van der Waals surface area contributed by atoms with Crippen molar-refractivity contribution in [3.63, 3.8) is 0 Å². The number of anilines is 1. The van der Waals surface area contributed by atoms with E-state index in [4.69, 9.17) is 10.1 Å². The van der Waals surface area contributed by atoms with Gasteiger partial charge in [-0.2, -0.15) is 9.73 Å². The molecule has 0 radical (unpaired) electrons. The van der Waals surface area contributed by atoms with E-state index in [0.29, 0.717) is 12.5 Å². The van der Waals surface area contributed by atoms with Gasteiger partial charge in [0.1, 0.15) is 15.1 Å². The fourth-order valence-electron chi connectivity index (χ4n) is 3.36. The summed E-state index contributed by atoms with van der Waals surface area (Å²) in [6, 6.07) is 3.93. The van der Waals surface area contributed by atoms with E-state index in [1.54, 1.807) is 23.2 Å². The van der Waals surface area contributed by atoms with Crippen LogP contribution in [0.5, 0.6) is 0 Å². The molecule has 1 atom stereocenters. The zero-order valence-corrected chi connectivity index (χ0v) is 18.8. The Morgan fingerprint density at radius 1 is 1.29 bits per heavy atom. The van der Waals surface area contributed by atoms with Crippen LogP contribution in [0.3, 0.4) is 0 Å². The summed E-state index contributed by atoms with van der Waals surface area (Å²) in [5.74, 6) is 0.448. The van der Waals surface area contributed by atoms with E-state index in [1.165, 1.54) is 11.3 Å². The summed E-state index contributed by atoms with van der Waals surface area (Å²) >= 11 is 0.219. The van der Waals surface area contributed by atoms with E-state index < -0.39 is 15.9 Å². The normalized spacial score (nSPS) is 13.5. The van der Waals surface area contributed by atoms with Gasteiger partial charge in [0.05, 0.1) is 29.4 Å². The fraction of sp³-hybridized carbons (Fsp3) is 0.300. The maximum absolute atomic E-state index is 13.3. The minimum atomic E-state index is -1.22. The van der Waals surface area contributed by atoms with Crippen molar-refractivity contribution in [3.8, 4) is 11.3 Å². The van der Waals surface area contributed by atoms with Crippen LogP contribution in [0.15, 0.2) is 34.9 Å². The monoisotopic (exact) mass is 455 g/mol. The van der Waals surface area contributed by atoms with Crippen LogP contribution in [0.1, 0.15) is 20.8 Å². The average molecular weight is 456 g/mol. The first-order valence-corrected chi connectivity index (χ1v) is 11.7. The standard InChI is InChI=1S/C20H21N7O2S2/c1-20(2,3)31(29)18-16-15-12(14-4-5-24-27(14)26-16)8-13(25-17(15)30-18)11-9-22-19(23-10-11)21-6-7-28/h4-5,8-10,26,28H,6-7H2,1-3H3,(H,21,22,23). The van der Waals surface area contributed by atoms with Crippen molar-refractivity contribution >= 4 is 55.1 Å². The smallest absolute Gasteiger partial charge is 0.235 e. The number of nitrogens with zero attached hydrogens (tertiary/aromatic N) is 5. The maximum atomic E-state index is 13.3. The van der Waals surface area contributed by atoms with Gasteiger partial charge in [0.2, 0.25) is 10.2 Å². The molecular formula is C20H21N7O2S2. The minimum absolute atomic E-state index is 0.00734. The number of hydrogen-bond donors (Lipinski definition) is 3. The van der Waals surface area contributed by atoms with Crippen LogP contribution in [0.25, 0.3) is 37.9 Å². The van der Waals surface area contributed by atoms with Crippen molar-refractivity contribution in [1.29, 1.82) is 0 Å². The number of fused-ring (bicyclic) bond motifs is 2. The van der Waals surface area contributed by atoms with Crippen molar-refractivity contribution in [2.24, 2.45) is 0 Å². The lowest BCUT2D eigenvalue weighted by Crippen LogP contribution is -2.27. The molecule has 31 heavy (non-hydrogen) atoms. The molecule has 11 heteroatoms. The summed E-state index contributed by atoms with van der Waals surface area (Å²) in [5, 5.41) is 21.5. The Morgan fingerprint density at radius 2 is 2.06 bits per heavy atom. The first kappa shape index (κ1) is 20.2.